The van der Waals surface area contributed by atoms with Crippen LogP contribution in [-0.4, -0.2) is 24.5 Å². The Morgan fingerprint density at radius 3 is 3.06 bits per heavy atom. The molecule has 0 fully saturated rings. The van der Waals surface area contributed by atoms with Gasteiger partial charge in [0.15, 0.2) is 17.6 Å². The number of aliphatic hydroxyl groups is 1. The maximum absolute atomic E-state index is 11.4. The summed E-state index contributed by atoms with van der Waals surface area (Å²) >= 11 is 5.86. The number of halogens is 1. The molecule has 1 N–H and O–H groups in total. The molecule has 0 saturated carbocycles. The van der Waals surface area contributed by atoms with E-state index in [4.69, 9.17) is 25.8 Å². The fourth-order valence-corrected chi connectivity index (χ4v) is 1.77. The quantitative estimate of drug-likeness (QED) is 0.836. The van der Waals surface area contributed by atoms with Crippen LogP contribution in [0.3, 0.4) is 0 Å². The van der Waals surface area contributed by atoms with E-state index in [1.165, 1.54) is 6.07 Å². The van der Waals surface area contributed by atoms with Crippen LogP contribution in [0.1, 0.15) is 18.6 Å². The van der Waals surface area contributed by atoms with E-state index in [0.29, 0.717) is 16.5 Å². The molecular weight excluding hydrogens is 248 g/mol. The summed E-state index contributed by atoms with van der Waals surface area (Å²) in [5.41, 5.74) is 0.253. The van der Waals surface area contributed by atoms with E-state index in [9.17, 15) is 9.90 Å². The Kier molecular flexibility index (Phi) is 3.40. The normalized spacial score (nSPS) is 14.5. The highest BCUT2D eigenvalue weighted by molar-refractivity contribution is 6.30. The van der Waals surface area contributed by atoms with E-state index in [1.807, 2.05) is 0 Å². The zero-order chi connectivity index (χ0) is 12.4. The van der Waals surface area contributed by atoms with E-state index in [2.05, 4.69) is 0 Å². The summed E-state index contributed by atoms with van der Waals surface area (Å²) in [4.78, 5) is 11.4. The molecule has 1 aromatic rings. The fourth-order valence-electron chi connectivity index (χ4n) is 1.55. The monoisotopic (exact) mass is 258 g/mol. The second-order valence-corrected chi connectivity index (χ2v) is 3.82. The van der Waals surface area contributed by atoms with Crippen molar-refractivity contribution in [3.63, 3.8) is 0 Å². The molecular formula is C11H11ClO5. The summed E-state index contributed by atoms with van der Waals surface area (Å²) in [5, 5.41) is 10.2. The van der Waals surface area contributed by atoms with Crippen molar-refractivity contribution in [2.75, 3.05) is 13.4 Å². The Bertz CT molecular complexity index is 446. The fraction of sp³-hybridized carbons (Fsp3) is 0.364. The Morgan fingerprint density at radius 2 is 2.35 bits per heavy atom. The van der Waals surface area contributed by atoms with E-state index < -0.39 is 12.1 Å². The molecule has 0 aliphatic carbocycles. The van der Waals surface area contributed by atoms with Gasteiger partial charge in [0, 0.05) is 16.7 Å². The van der Waals surface area contributed by atoms with Crippen LogP contribution in [0.5, 0.6) is 11.5 Å². The number of carbonyl (C=O) groups excluding carboxylic acids is 1. The molecule has 0 bridgehead atoms. The molecule has 17 heavy (non-hydrogen) atoms. The van der Waals surface area contributed by atoms with Gasteiger partial charge in [-0.3, -0.25) is 0 Å². The van der Waals surface area contributed by atoms with Gasteiger partial charge in [-0.1, -0.05) is 11.6 Å². The Morgan fingerprint density at radius 1 is 1.59 bits per heavy atom. The van der Waals surface area contributed by atoms with Crippen molar-refractivity contribution in [3.05, 3.63) is 22.7 Å². The lowest BCUT2D eigenvalue weighted by Crippen LogP contribution is -2.15. The number of esters is 1. The average Bonchev–Trinajstić information content (AvgIpc) is 2.75. The average molecular weight is 259 g/mol. The van der Waals surface area contributed by atoms with Gasteiger partial charge < -0.3 is 19.3 Å². The lowest BCUT2D eigenvalue weighted by atomic mass is 10.1. The van der Waals surface area contributed by atoms with E-state index in [1.54, 1.807) is 13.0 Å². The molecule has 0 amide bonds. The lowest BCUT2D eigenvalue weighted by Gasteiger charge is -2.12. The van der Waals surface area contributed by atoms with Gasteiger partial charge in [-0.15, -0.1) is 0 Å². The third-order valence-electron chi connectivity index (χ3n) is 2.27. The molecule has 92 valence electrons. The molecule has 1 heterocycles. The minimum atomic E-state index is -1.43. The predicted molar refractivity (Wildman–Crippen MR) is 59.2 cm³/mol. The molecule has 1 unspecified atom stereocenters. The second-order valence-electron chi connectivity index (χ2n) is 3.38. The van der Waals surface area contributed by atoms with Crippen LogP contribution >= 0.6 is 11.6 Å². The van der Waals surface area contributed by atoms with Crippen molar-refractivity contribution >= 4 is 17.6 Å². The lowest BCUT2D eigenvalue weighted by molar-refractivity contribution is -0.153. The first-order chi connectivity index (χ1) is 8.13. The number of carbonyl (C=O) groups is 1. The van der Waals surface area contributed by atoms with Gasteiger partial charge >= 0.3 is 5.97 Å². The topological polar surface area (TPSA) is 65.0 Å². The van der Waals surface area contributed by atoms with Crippen molar-refractivity contribution in [3.8, 4) is 11.5 Å². The molecule has 0 radical (unpaired) electrons. The first-order valence-corrected chi connectivity index (χ1v) is 5.45. The van der Waals surface area contributed by atoms with Gasteiger partial charge in [0.25, 0.3) is 0 Å². The highest BCUT2D eigenvalue weighted by atomic mass is 35.5. The summed E-state index contributed by atoms with van der Waals surface area (Å²) in [6, 6.07) is 3.02. The number of fused-ring (bicyclic) bond motifs is 1. The molecule has 5 nitrogen and oxygen atoms in total. The number of benzene rings is 1. The maximum atomic E-state index is 11.4. The molecule has 1 aliphatic rings. The largest absolute Gasteiger partial charge is 0.464 e. The number of hydrogen-bond donors (Lipinski definition) is 1. The number of rotatable bonds is 3. The van der Waals surface area contributed by atoms with Gasteiger partial charge in [-0.25, -0.2) is 4.79 Å². The van der Waals surface area contributed by atoms with Gasteiger partial charge in [0.1, 0.15) is 0 Å². The minimum Gasteiger partial charge on any atom is -0.464 e. The minimum absolute atomic E-state index is 0.0399. The first-order valence-electron chi connectivity index (χ1n) is 5.07. The molecule has 0 aromatic heterocycles. The van der Waals surface area contributed by atoms with E-state index >= 15 is 0 Å². The molecule has 0 spiro atoms. The number of aliphatic hydroxyl groups excluding tert-OH is 1. The van der Waals surface area contributed by atoms with Crippen molar-refractivity contribution in [2.45, 2.75) is 13.0 Å². The van der Waals surface area contributed by atoms with Crippen molar-refractivity contribution in [1.82, 2.24) is 0 Å². The standard InChI is InChI=1S/C11H11ClO5/c1-2-15-11(14)9(13)7-3-6(12)4-8-10(7)17-5-16-8/h3-4,9,13H,2,5H2,1H3. The summed E-state index contributed by atoms with van der Waals surface area (Å²) in [5.74, 6) is -0.00160. The van der Waals surface area contributed by atoms with Gasteiger partial charge in [-0.05, 0) is 13.0 Å². The van der Waals surface area contributed by atoms with Crippen molar-refractivity contribution in [1.29, 1.82) is 0 Å². The SMILES string of the molecule is CCOC(=O)C(O)c1cc(Cl)cc2c1OCO2. The van der Waals surface area contributed by atoms with E-state index in [0.717, 1.165) is 0 Å². The maximum Gasteiger partial charge on any atom is 0.339 e. The zero-order valence-electron chi connectivity index (χ0n) is 9.10. The summed E-state index contributed by atoms with van der Waals surface area (Å²) < 4.78 is 15.1. The molecule has 1 aliphatic heterocycles. The molecule has 2 rings (SSSR count). The van der Waals surface area contributed by atoms with Crippen LogP contribution in [0, 0.1) is 0 Å². The summed E-state index contributed by atoms with van der Waals surface area (Å²) in [6.07, 6.45) is -1.43. The first kappa shape index (κ1) is 12.0. The van der Waals surface area contributed by atoms with Crippen LogP contribution in [0.15, 0.2) is 12.1 Å². The van der Waals surface area contributed by atoms with Crippen LogP contribution in [0.4, 0.5) is 0 Å². The van der Waals surface area contributed by atoms with Crippen LogP contribution in [0.2, 0.25) is 5.02 Å². The number of ether oxygens (including phenoxy) is 3. The van der Waals surface area contributed by atoms with Crippen LogP contribution in [-0.2, 0) is 9.53 Å². The third-order valence-corrected chi connectivity index (χ3v) is 2.49. The second kappa shape index (κ2) is 4.81. The van der Waals surface area contributed by atoms with Crippen molar-refractivity contribution in [2.24, 2.45) is 0 Å². The molecule has 6 heteroatoms. The van der Waals surface area contributed by atoms with Gasteiger partial charge in [-0.2, -0.15) is 0 Å². The third kappa shape index (κ3) is 2.30. The van der Waals surface area contributed by atoms with Crippen molar-refractivity contribution < 1.29 is 24.1 Å². The highest BCUT2D eigenvalue weighted by Crippen LogP contribution is 2.41. The van der Waals surface area contributed by atoms with E-state index in [-0.39, 0.29) is 19.0 Å². The molecule has 1 aromatic carbocycles. The summed E-state index contributed by atoms with van der Waals surface area (Å²) in [6.45, 7) is 1.89. The van der Waals surface area contributed by atoms with Crippen LogP contribution in [0.25, 0.3) is 0 Å². The van der Waals surface area contributed by atoms with Gasteiger partial charge in [0.2, 0.25) is 6.79 Å². The highest BCUT2D eigenvalue weighted by Gasteiger charge is 2.28. The Hall–Kier alpha value is -1.46. The summed E-state index contributed by atoms with van der Waals surface area (Å²) in [7, 11) is 0. The van der Waals surface area contributed by atoms with Gasteiger partial charge in [0.05, 0.1) is 6.61 Å². The Balaban J connectivity index is 2.35. The van der Waals surface area contributed by atoms with Crippen LogP contribution < -0.4 is 9.47 Å². The molecule has 0 saturated heterocycles. The molecule has 1 atom stereocenters. The predicted octanol–water partition coefficient (Wildman–Crippen LogP) is 1.67. The number of hydrogen-bond acceptors (Lipinski definition) is 5. The smallest absolute Gasteiger partial charge is 0.339 e. The zero-order valence-corrected chi connectivity index (χ0v) is 9.86. The Labute approximate surface area is 103 Å².